The average molecular weight is 186 g/mol. The van der Waals surface area contributed by atoms with Crippen LogP contribution in [0.15, 0.2) is 0 Å². The van der Waals surface area contributed by atoms with Crippen LogP contribution in [-0.2, 0) is 14.7 Å². The quantitative estimate of drug-likeness (QED) is 0.577. The fourth-order valence-corrected chi connectivity index (χ4v) is 1.83. The normalized spacial score (nSPS) is 33.3. The maximum Gasteiger partial charge on any atom is 0.328 e. The Morgan fingerprint density at radius 3 is 2.15 bits per heavy atom. The first kappa shape index (κ1) is 10.5. The van der Waals surface area contributed by atoms with Gasteiger partial charge in [0.2, 0.25) is 0 Å². The zero-order chi connectivity index (χ0) is 10.3. The van der Waals surface area contributed by atoms with E-state index in [1.54, 1.807) is 6.92 Å². The summed E-state index contributed by atoms with van der Waals surface area (Å²) in [6.07, 6.45) is 1.29. The second kappa shape index (κ2) is 2.96. The molecular weight excluding hydrogens is 170 g/mol. The maximum atomic E-state index is 11.8. The monoisotopic (exact) mass is 186 g/mol. The lowest BCUT2D eigenvalue weighted by Crippen LogP contribution is -2.51. The molecule has 1 saturated heterocycles. The molecule has 0 amide bonds. The lowest BCUT2D eigenvalue weighted by molar-refractivity contribution is -0.251. The third-order valence-corrected chi connectivity index (χ3v) is 2.85. The van der Waals surface area contributed by atoms with Gasteiger partial charge in [-0.1, -0.05) is 0 Å². The van der Waals surface area contributed by atoms with Gasteiger partial charge in [-0.2, -0.15) is 0 Å². The zero-order valence-electron chi connectivity index (χ0n) is 8.59. The van der Waals surface area contributed by atoms with Crippen LogP contribution in [0.2, 0.25) is 0 Å². The van der Waals surface area contributed by atoms with Crippen molar-refractivity contribution in [2.75, 3.05) is 7.11 Å². The van der Waals surface area contributed by atoms with Gasteiger partial charge in [0.1, 0.15) is 5.54 Å². The molecule has 0 aliphatic carbocycles. The number of methoxy groups -OCH3 is 1. The predicted octanol–water partition coefficient (Wildman–Crippen LogP) is 1.14. The summed E-state index contributed by atoms with van der Waals surface area (Å²) in [5, 5.41) is 12.6. The van der Waals surface area contributed by atoms with E-state index in [0.29, 0.717) is 6.42 Å². The highest BCUT2D eigenvalue weighted by Gasteiger charge is 2.53. The summed E-state index contributed by atoms with van der Waals surface area (Å²) in [5.74, 6) is -0.437. The van der Waals surface area contributed by atoms with Crippen molar-refractivity contribution in [2.45, 2.75) is 44.7 Å². The van der Waals surface area contributed by atoms with Gasteiger partial charge in [0.05, 0.1) is 7.11 Å². The molecule has 1 radical (unpaired) electrons. The molecule has 0 aromatic rings. The van der Waals surface area contributed by atoms with Gasteiger partial charge in [-0.25, -0.2) is 4.79 Å². The van der Waals surface area contributed by atoms with E-state index in [-0.39, 0.29) is 0 Å². The lowest BCUT2D eigenvalue weighted by atomic mass is 9.99. The molecule has 0 aromatic carbocycles. The van der Waals surface area contributed by atoms with E-state index < -0.39 is 17.0 Å². The molecule has 75 valence electrons. The van der Waals surface area contributed by atoms with Crippen LogP contribution in [0.3, 0.4) is 0 Å². The summed E-state index contributed by atoms with van der Waals surface area (Å²) in [4.78, 5) is 11.4. The lowest BCUT2D eigenvalue weighted by Gasteiger charge is -2.32. The van der Waals surface area contributed by atoms with Gasteiger partial charge in [0.15, 0.2) is 0 Å². The predicted molar refractivity (Wildman–Crippen MR) is 46.3 cm³/mol. The van der Waals surface area contributed by atoms with E-state index in [1.165, 1.54) is 7.11 Å². The molecule has 1 aliphatic rings. The van der Waals surface area contributed by atoms with Crippen molar-refractivity contribution in [3.63, 3.8) is 0 Å². The van der Waals surface area contributed by atoms with Crippen LogP contribution in [0.4, 0.5) is 0 Å². The van der Waals surface area contributed by atoms with Gasteiger partial charge < -0.3 is 4.74 Å². The van der Waals surface area contributed by atoms with Crippen LogP contribution in [0.1, 0.15) is 33.6 Å². The molecule has 0 bridgehead atoms. The van der Waals surface area contributed by atoms with Gasteiger partial charge in [-0.15, -0.1) is 10.3 Å². The Labute approximate surface area is 78.4 Å². The molecule has 0 unspecified atom stereocenters. The minimum absolute atomic E-state index is 0.437. The van der Waals surface area contributed by atoms with Crippen molar-refractivity contribution in [2.24, 2.45) is 0 Å². The summed E-state index contributed by atoms with van der Waals surface area (Å²) >= 11 is 0. The van der Waals surface area contributed by atoms with Crippen molar-refractivity contribution in [3.05, 3.63) is 0 Å². The zero-order valence-corrected chi connectivity index (χ0v) is 8.59. The molecule has 13 heavy (non-hydrogen) atoms. The Morgan fingerprint density at radius 2 is 1.85 bits per heavy atom. The molecule has 4 heteroatoms. The number of carbonyl (C=O) groups excluding carboxylic acids is 1. The first-order valence-corrected chi connectivity index (χ1v) is 4.40. The van der Waals surface area contributed by atoms with Crippen LogP contribution in [0.25, 0.3) is 0 Å². The van der Waals surface area contributed by atoms with Crippen LogP contribution < -0.4 is 0 Å². The first-order chi connectivity index (χ1) is 5.84. The van der Waals surface area contributed by atoms with Crippen molar-refractivity contribution in [1.29, 1.82) is 0 Å². The van der Waals surface area contributed by atoms with Crippen molar-refractivity contribution in [1.82, 2.24) is 5.06 Å². The molecule has 4 nitrogen and oxygen atoms in total. The second-order valence-electron chi connectivity index (χ2n) is 4.37. The third kappa shape index (κ3) is 1.44. The molecule has 1 atom stereocenters. The topological polar surface area (TPSA) is 49.4 Å². The first-order valence-electron chi connectivity index (χ1n) is 4.40. The number of carbonyl (C=O) groups is 1. The molecule has 0 aromatic heterocycles. The summed E-state index contributed by atoms with van der Waals surface area (Å²) in [7, 11) is 1.31. The van der Waals surface area contributed by atoms with Crippen LogP contribution >= 0.6 is 0 Å². The van der Waals surface area contributed by atoms with Crippen LogP contribution in [0, 0.1) is 0 Å². The highest BCUT2D eigenvalue weighted by Crippen LogP contribution is 2.39. The number of rotatable bonds is 1. The highest BCUT2D eigenvalue weighted by molar-refractivity contribution is 5.80. The number of nitrogens with zero attached hydrogens (tertiary/aromatic N) is 1. The van der Waals surface area contributed by atoms with Crippen LogP contribution in [0.5, 0.6) is 0 Å². The van der Waals surface area contributed by atoms with E-state index in [9.17, 15) is 10.0 Å². The SMILES string of the molecule is COC(=O)[C@@]1(C)CCC(C)(C)N1[O]. The Kier molecular flexibility index (Phi) is 2.38. The number of hydrogen-bond donors (Lipinski definition) is 0. The molecule has 1 aliphatic heterocycles. The van der Waals surface area contributed by atoms with E-state index in [0.717, 1.165) is 11.5 Å². The minimum atomic E-state index is -0.988. The van der Waals surface area contributed by atoms with Crippen molar-refractivity contribution >= 4 is 5.97 Å². The van der Waals surface area contributed by atoms with E-state index in [4.69, 9.17) is 0 Å². The van der Waals surface area contributed by atoms with Gasteiger partial charge in [-0.05, 0) is 33.6 Å². The number of esters is 1. The summed E-state index contributed by atoms with van der Waals surface area (Å²) in [5.41, 5.74) is -1.44. The van der Waals surface area contributed by atoms with E-state index in [1.807, 2.05) is 13.8 Å². The smallest absolute Gasteiger partial charge is 0.328 e. The average Bonchev–Trinajstić information content (AvgIpc) is 2.30. The molecule has 0 saturated carbocycles. The Morgan fingerprint density at radius 1 is 1.31 bits per heavy atom. The van der Waals surface area contributed by atoms with Gasteiger partial charge in [0.25, 0.3) is 0 Å². The molecule has 1 fully saturated rings. The summed E-state index contributed by atoms with van der Waals surface area (Å²) < 4.78 is 4.62. The Balaban J connectivity index is 2.90. The van der Waals surface area contributed by atoms with Crippen molar-refractivity contribution in [3.8, 4) is 0 Å². The molecule has 0 N–H and O–H groups in total. The molecule has 1 heterocycles. The summed E-state index contributed by atoms with van der Waals surface area (Å²) in [6.45, 7) is 5.32. The standard InChI is InChI=1S/C9H16NO3/c1-8(2)5-6-9(3,10(8)12)7(11)13-4/h5-6H2,1-4H3/t9-/m1/s1. The summed E-state index contributed by atoms with van der Waals surface area (Å²) in [6, 6.07) is 0. The van der Waals surface area contributed by atoms with Gasteiger partial charge >= 0.3 is 5.97 Å². The largest absolute Gasteiger partial charge is 0.468 e. The van der Waals surface area contributed by atoms with Crippen molar-refractivity contribution < 1.29 is 14.7 Å². The second-order valence-corrected chi connectivity index (χ2v) is 4.37. The number of hydroxylamine groups is 2. The fourth-order valence-electron chi connectivity index (χ4n) is 1.83. The van der Waals surface area contributed by atoms with Crippen LogP contribution in [-0.4, -0.2) is 29.2 Å². The Hall–Kier alpha value is -0.610. The Bertz CT molecular complexity index is 227. The highest BCUT2D eigenvalue weighted by atomic mass is 16.5. The van der Waals surface area contributed by atoms with E-state index in [2.05, 4.69) is 4.74 Å². The number of ether oxygens (including phenoxy) is 1. The maximum absolute atomic E-state index is 11.8. The molecular formula is C9H16NO3. The van der Waals surface area contributed by atoms with Gasteiger partial charge in [0, 0.05) is 5.54 Å². The van der Waals surface area contributed by atoms with E-state index >= 15 is 0 Å². The number of hydrogen-bond acceptors (Lipinski definition) is 3. The minimum Gasteiger partial charge on any atom is -0.468 e. The van der Waals surface area contributed by atoms with Gasteiger partial charge in [-0.3, -0.25) is 0 Å². The fraction of sp³-hybridized carbons (Fsp3) is 0.889. The molecule has 0 spiro atoms. The molecule has 1 rings (SSSR count). The third-order valence-electron chi connectivity index (χ3n) is 2.85.